The molecule has 0 saturated carbocycles. The molecule has 382 valence electrons. The second-order valence-corrected chi connectivity index (χ2v) is 21.3. The standard InChI is InChI=1S/C52H84N2.2C7H7.Ni/c1-9-17-25-29-41-37-45(38-42(30-26-18-10-2)47(41)33-21-13-5)51-49(35-23-15-7)50(36-24-16-8)52(54(51)53)46-39-43(31-27-19-11-3)48(34-22-14-6)44(40-46)32-28-20-12-4;2*1-7-5-3-2-4-6-7;/h37-40H,9-36H2,1-8H3;2*2-6H,1H2;. The summed E-state index contributed by atoms with van der Waals surface area (Å²) in [5.41, 5.74) is 32.7. The number of nitrogens with zero attached hydrogens (tertiary/aromatic N) is 2. The maximum atomic E-state index is 12.9. The quantitative estimate of drug-likeness (QED) is 0.0253. The second-order valence-electron chi connectivity index (χ2n) is 20.1. The molecule has 2 nitrogen and oxygen atoms in total. The molecule has 5 rings (SSSR count). The third kappa shape index (κ3) is 19.2. The zero-order valence-corrected chi connectivity index (χ0v) is 46.5. The van der Waals surface area contributed by atoms with Crippen molar-refractivity contribution in [3.8, 4) is 0 Å². The van der Waals surface area contributed by atoms with Crippen LogP contribution >= 0.6 is 0 Å². The minimum atomic E-state index is 1.03. The van der Waals surface area contributed by atoms with Crippen molar-refractivity contribution >= 4 is 11.4 Å². The van der Waals surface area contributed by atoms with Crippen LogP contribution in [0.5, 0.6) is 0 Å². The van der Waals surface area contributed by atoms with Crippen LogP contribution in [-0.2, 0) is 63.7 Å². The number of aryl methyl sites for hydroxylation is 4. The minimum absolute atomic E-state index is 1.03. The van der Waals surface area contributed by atoms with Crippen LogP contribution in [0.15, 0.2) is 96.1 Å². The summed E-state index contributed by atoms with van der Waals surface area (Å²) in [7, 11) is 0. The van der Waals surface area contributed by atoms with E-state index in [0.717, 1.165) is 86.4 Å². The molecule has 0 unspecified atom stereocenters. The Hall–Kier alpha value is -3.55. The van der Waals surface area contributed by atoms with E-state index in [9.17, 15) is 5.53 Å². The molecule has 1 heterocycles. The van der Waals surface area contributed by atoms with E-state index in [0.29, 0.717) is 0 Å². The van der Waals surface area contributed by atoms with E-state index >= 15 is 0 Å². The Balaban J connectivity index is 0.000000580. The maximum absolute atomic E-state index is 12.9. The van der Waals surface area contributed by atoms with Gasteiger partial charge in [0.05, 0.1) is 0 Å². The summed E-state index contributed by atoms with van der Waals surface area (Å²) < 4.78 is 1.72. The number of hydrogen-bond acceptors (Lipinski definition) is 0. The molecular weight excluding hydrogens is 879 g/mol. The Morgan fingerprint density at radius 1 is 0.348 bits per heavy atom. The molecule has 4 aromatic rings. The van der Waals surface area contributed by atoms with Crippen molar-refractivity contribution < 1.29 is 19.1 Å². The van der Waals surface area contributed by atoms with Crippen molar-refractivity contribution in [2.45, 2.75) is 246 Å². The van der Waals surface area contributed by atoms with Gasteiger partial charge in [0.2, 0.25) is 11.4 Å². The van der Waals surface area contributed by atoms with Gasteiger partial charge in [0.15, 0.2) is 0 Å². The SMILES string of the molecule is CCCCCc1cc(C2=C(CCCC)C(CCCC)=C(c3cc(CCCCC)c(CCCC)c(CCCCC)c3)[N+]2=[N-])cc(CCCCC)c1CCCC.c1ccc([CH2][Ni][CH2]c2ccccc2)cc1. The predicted octanol–water partition coefficient (Wildman–Crippen LogP) is 20.3. The van der Waals surface area contributed by atoms with E-state index in [-0.39, 0.29) is 0 Å². The van der Waals surface area contributed by atoms with Crippen LogP contribution in [0.1, 0.15) is 252 Å². The average molecular weight is 978 g/mol. The molecule has 0 aliphatic carbocycles. The van der Waals surface area contributed by atoms with Crippen molar-refractivity contribution in [3.05, 3.63) is 157 Å². The zero-order valence-electron chi connectivity index (χ0n) is 45.5. The fraction of sp³-hybridized carbons (Fsp3) is 0.576. The van der Waals surface area contributed by atoms with Gasteiger partial charge >= 0.3 is 97.0 Å². The molecule has 1 aliphatic rings. The van der Waals surface area contributed by atoms with E-state index in [1.165, 1.54) is 149 Å². The Morgan fingerprint density at radius 2 is 0.638 bits per heavy atom. The average Bonchev–Trinajstić information content (AvgIpc) is 3.65. The summed E-state index contributed by atoms with van der Waals surface area (Å²) >= 11 is 1.78. The monoisotopic (exact) mass is 977 g/mol. The molecule has 0 aromatic heterocycles. The molecule has 0 bridgehead atoms. The number of unbranched alkanes of at least 4 members (excludes halogenated alkanes) is 12. The zero-order chi connectivity index (χ0) is 49.5. The Morgan fingerprint density at radius 3 is 0.928 bits per heavy atom. The van der Waals surface area contributed by atoms with Gasteiger partial charge in [0, 0.05) is 22.3 Å². The van der Waals surface area contributed by atoms with Crippen molar-refractivity contribution in [2.75, 3.05) is 0 Å². The van der Waals surface area contributed by atoms with Crippen molar-refractivity contribution in [2.24, 2.45) is 0 Å². The third-order valence-electron chi connectivity index (χ3n) is 14.2. The number of hydrogen-bond donors (Lipinski definition) is 0. The summed E-state index contributed by atoms with van der Waals surface area (Å²) in [6.07, 6.45) is 33.7. The summed E-state index contributed by atoms with van der Waals surface area (Å²) in [5, 5.41) is 2.23. The number of rotatable bonds is 34. The first-order valence-electron chi connectivity index (χ1n) is 28.7. The van der Waals surface area contributed by atoms with Crippen LogP contribution in [0.3, 0.4) is 0 Å². The van der Waals surface area contributed by atoms with Crippen LogP contribution < -0.4 is 0 Å². The van der Waals surface area contributed by atoms with Crippen molar-refractivity contribution in [1.82, 2.24) is 0 Å². The van der Waals surface area contributed by atoms with Crippen LogP contribution in [-0.4, -0.2) is 4.70 Å². The Labute approximate surface area is 431 Å². The number of benzene rings is 4. The second kappa shape index (κ2) is 34.7. The Bertz CT molecular complexity index is 1900. The Kier molecular flexibility index (Phi) is 29.2. The normalized spacial score (nSPS) is 12.7. The summed E-state index contributed by atoms with van der Waals surface area (Å²) in [4.78, 5) is 0. The molecule has 4 aromatic carbocycles. The van der Waals surface area contributed by atoms with E-state index in [1.807, 2.05) is 0 Å². The topological polar surface area (TPSA) is 25.3 Å². The van der Waals surface area contributed by atoms with Gasteiger partial charge in [-0.2, -0.15) is 0 Å². The summed E-state index contributed by atoms with van der Waals surface area (Å²) in [5.74, 6) is 0. The molecule has 0 atom stereocenters. The molecule has 0 spiro atoms. The van der Waals surface area contributed by atoms with Crippen molar-refractivity contribution in [1.29, 1.82) is 0 Å². The van der Waals surface area contributed by atoms with Crippen LogP contribution in [0.2, 0.25) is 0 Å². The summed E-state index contributed by atoms with van der Waals surface area (Å²) in [6.45, 7) is 18.6. The van der Waals surface area contributed by atoms with Crippen LogP contribution in [0.4, 0.5) is 0 Å². The summed E-state index contributed by atoms with van der Waals surface area (Å²) in [6, 6.07) is 31.4. The van der Waals surface area contributed by atoms with E-state index in [4.69, 9.17) is 0 Å². The van der Waals surface area contributed by atoms with Gasteiger partial charge in [0.25, 0.3) is 0 Å². The van der Waals surface area contributed by atoms with Gasteiger partial charge in [-0.05, 0) is 160 Å². The van der Waals surface area contributed by atoms with Gasteiger partial charge < -0.3 is 5.53 Å². The fourth-order valence-corrected chi connectivity index (χ4v) is 11.4. The molecule has 0 radical (unpaired) electrons. The van der Waals surface area contributed by atoms with E-state index < -0.39 is 0 Å². The molecule has 3 heteroatoms. The molecule has 0 amide bonds. The van der Waals surface area contributed by atoms with Gasteiger partial charge in [-0.1, -0.05) is 132 Å². The van der Waals surface area contributed by atoms with Crippen LogP contribution in [0.25, 0.3) is 16.9 Å². The van der Waals surface area contributed by atoms with Gasteiger partial charge in [-0.3, -0.25) is 0 Å². The third-order valence-corrected chi connectivity index (χ3v) is 15.5. The first-order valence-corrected chi connectivity index (χ1v) is 30.1. The molecular formula is C66H98N2Ni. The molecule has 0 N–H and O–H groups in total. The predicted molar refractivity (Wildman–Crippen MR) is 300 cm³/mol. The van der Waals surface area contributed by atoms with Gasteiger partial charge in [-0.15, -0.1) is 0 Å². The van der Waals surface area contributed by atoms with E-state index in [1.54, 1.807) is 52.5 Å². The first-order chi connectivity index (χ1) is 33.9. The molecule has 69 heavy (non-hydrogen) atoms. The van der Waals surface area contributed by atoms with Crippen LogP contribution in [0, 0.1) is 0 Å². The molecule has 1 aliphatic heterocycles. The van der Waals surface area contributed by atoms with E-state index in [2.05, 4.69) is 140 Å². The fourth-order valence-electron chi connectivity index (χ4n) is 10.2. The number of allylic oxidation sites excluding steroid dienone is 2. The van der Waals surface area contributed by atoms with Gasteiger partial charge in [0.1, 0.15) is 0 Å². The van der Waals surface area contributed by atoms with Crippen molar-refractivity contribution in [3.63, 3.8) is 0 Å². The first kappa shape index (κ1) is 58.0. The van der Waals surface area contributed by atoms with Gasteiger partial charge in [-0.25, -0.2) is 4.70 Å². The molecule has 0 fully saturated rings. The molecule has 0 saturated heterocycles.